The fraction of sp³-hybridized carbons (Fsp3) is 0.467. The first-order chi connectivity index (χ1) is 9.37. The number of imide groups is 1. The minimum atomic E-state index is -0.226. The van der Waals surface area contributed by atoms with Crippen LogP contribution in [0.3, 0.4) is 0 Å². The number of ether oxygens (including phenoxy) is 1. The molecule has 1 aromatic rings. The van der Waals surface area contributed by atoms with Crippen LogP contribution in [0.1, 0.15) is 26.7 Å². The van der Waals surface area contributed by atoms with E-state index in [2.05, 4.69) is 15.9 Å². The summed E-state index contributed by atoms with van der Waals surface area (Å²) in [6.07, 6.45) is 0.825. The fourth-order valence-corrected chi connectivity index (χ4v) is 2.65. The van der Waals surface area contributed by atoms with Gasteiger partial charge in [-0.3, -0.25) is 14.5 Å². The molecule has 0 bridgehead atoms. The molecule has 20 heavy (non-hydrogen) atoms. The van der Waals surface area contributed by atoms with Crippen molar-refractivity contribution in [2.24, 2.45) is 5.41 Å². The quantitative estimate of drug-likeness (QED) is 0.792. The Labute approximate surface area is 127 Å². The van der Waals surface area contributed by atoms with E-state index in [0.717, 1.165) is 10.2 Å². The Hall–Kier alpha value is -1.36. The van der Waals surface area contributed by atoms with Gasteiger partial charge in [0.25, 0.3) is 0 Å². The van der Waals surface area contributed by atoms with E-state index >= 15 is 0 Å². The molecule has 0 atom stereocenters. The second-order valence-electron chi connectivity index (χ2n) is 5.76. The van der Waals surface area contributed by atoms with Crippen LogP contribution in [-0.2, 0) is 9.59 Å². The van der Waals surface area contributed by atoms with Crippen LogP contribution < -0.4 is 4.74 Å². The first kappa shape index (κ1) is 15.0. The lowest BCUT2D eigenvalue weighted by atomic mass is 9.82. The summed E-state index contributed by atoms with van der Waals surface area (Å²) in [6, 6.07) is 7.47. The van der Waals surface area contributed by atoms with E-state index in [1.807, 2.05) is 38.1 Å². The van der Waals surface area contributed by atoms with E-state index in [0.29, 0.717) is 26.0 Å². The molecule has 1 aromatic carbocycles. The van der Waals surface area contributed by atoms with E-state index in [-0.39, 0.29) is 17.2 Å². The maximum atomic E-state index is 12.0. The molecular weight excluding hydrogens is 322 g/mol. The molecule has 0 radical (unpaired) electrons. The van der Waals surface area contributed by atoms with E-state index in [9.17, 15) is 9.59 Å². The van der Waals surface area contributed by atoms with Crippen LogP contribution in [0, 0.1) is 5.41 Å². The summed E-state index contributed by atoms with van der Waals surface area (Å²) in [6.45, 7) is 4.50. The van der Waals surface area contributed by atoms with Crippen LogP contribution in [0.2, 0.25) is 0 Å². The number of likely N-dealkylation sites (tertiary alicyclic amines) is 1. The number of hydrogen-bond donors (Lipinski definition) is 0. The second-order valence-corrected chi connectivity index (χ2v) is 6.68. The summed E-state index contributed by atoms with van der Waals surface area (Å²) in [7, 11) is 0. The molecule has 0 spiro atoms. The molecule has 0 unspecified atom stereocenters. The van der Waals surface area contributed by atoms with Crippen LogP contribution in [0.25, 0.3) is 0 Å². The molecule has 0 N–H and O–H groups in total. The molecule has 4 nitrogen and oxygen atoms in total. The van der Waals surface area contributed by atoms with Crippen molar-refractivity contribution in [1.29, 1.82) is 0 Å². The molecule has 2 amide bonds. The van der Waals surface area contributed by atoms with Gasteiger partial charge in [-0.1, -0.05) is 35.8 Å². The predicted octanol–water partition coefficient (Wildman–Crippen LogP) is 3.00. The molecule has 0 saturated carbocycles. The molecule has 1 fully saturated rings. The highest BCUT2D eigenvalue weighted by Crippen LogP contribution is 2.31. The highest BCUT2D eigenvalue weighted by Gasteiger charge is 2.37. The maximum Gasteiger partial charge on any atom is 0.229 e. The van der Waals surface area contributed by atoms with Gasteiger partial charge in [-0.05, 0) is 23.6 Å². The standard InChI is InChI=1S/C15H18BrNO3/c1-15(2)9-13(18)17(14(19)10-15)6-7-20-12-5-3-4-11(16)8-12/h3-5,8H,6-7,9-10H2,1-2H3. The smallest absolute Gasteiger partial charge is 0.229 e. The fourth-order valence-electron chi connectivity index (χ4n) is 2.27. The monoisotopic (exact) mass is 339 g/mol. The van der Waals surface area contributed by atoms with Gasteiger partial charge < -0.3 is 4.74 Å². The number of nitrogens with zero attached hydrogens (tertiary/aromatic N) is 1. The third kappa shape index (κ3) is 3.82. The highest BCUT2D eigenvalue weighted by molar-refractivity contribution is 9.10. The van der Waals surface area contributed by atoms with Crippen LogP contribution in [0.5, 0.6) is 5.75 Å². The Morgan fingerprint density at radius 1 is 1.25 bits per heavy atom. The molecule has 2 rings (SSSR count). The zero-order valence-electron chi connectivity index (χ0n) is 11.7. The van der Waals surface area contributed by atoms with Crippen LogP contribution in [0.15, 0.2) is 28.7 Å². The number of benzene rings is 1. The van der Waals surface area contributed by atoms with Gasteiger partial charge in [-0.2, -0.15) is 0 Å². The summed E-state index contributed by atoms with van der Waals surface area (Å²) < 4.78 is 6.49. The second kappa shape index (κ2) is 5.95. The Morgan fingerprint density at radius 2 is 1.90 bits per heavy atom. The lowest BCUT2D eigenvalue weighted by Crippen LogP contribution is -2.47. The first-order valence-electron chi connectivity index (χ1n) is 6.59. The van der Waals surface area contributed by atoms with Crippen molar-refractivity contribution in [1.82, 2.24) is 4.90 Å². The summed E-state index contributed by atoms with van der Waals surface area (Å²) in [4.78, 5) is 25.2. The minimum absolute atomic E-state index is 0.107. The predicted molar refractivity (Wildman–Crippen MR) is 79.4 cm³/mol. The molecule has 1 saturated heterocycles. The van der Waals surface area contributed by atoms with E-state index in [1.165, 1.54) is 4.90 Å². The van der Waals surface area contributed by atoms with Crippen molar-refractivity contribution in [3.05, 3.63) is 28.7 Å². The Morgan fingerprint density at radius 3 is 2.50 bits per heavy atom. The molecule has 0 aromatic heterocycles. The topological polar surface area (TPSA) is 46.6 Å². The van der Waals surface area contributed by atoms with Crippen LogP contribution in [0.4, 0.5) is 0 Å². The van der Waals surface area contributed by atoms with Gasteiger partial charge in [0.15, 0.2) is 0 Å². The van der Waals surface area contributed by atoms with Crippen LogP contribution >= 0.6 is 15.9 Å². The van der Waals surface area contributed by atoms with Gasteiger partial charge in [0, 0.05) is 17.3 Å². The number of amides is 2. The third-order valence-corrected chi connectivity index (χ3v) is 3.73. The van der Waals surface area contributed by atoms with Gasteiger partial charge in [-0.15, -0.1) is 0 Å². The molecule has 1 heterocycles. The van der Waals surface area contributed by atoms with E-state index in [4.69, 9.17) is 4.74 Å². The normalized spacial score (nSPS) is 18.2. The Bertz CT molecular complexity index is 508. The average molecular weight is 340 g/mol. The first-order valence-corrected chi connectivity index (χ1v) is 7.38. The number of halogens is 1. The number of rotatable bonds is 4. The van der Waals surface area contributed by atoms with Crippen molar-refractivity contribution in [2.75, 3.05) is 13.2 Å². The lowest BCUT2D eigenvalue weighted by Gasteiger charge is -2.34. The van der Waals surface area contributed by atoms with E-state index < -0.39 is 0 Å². The number of carbonyl (C=O) groups excluding carboxylic acids is 2. The number of piperidine rings is 1. The van der Waals surface area contributed by atoms with Gasteiger partial charge in [0.1, 0.15) is 12.4 Å². The number of carbonyl (C=O) groups is 2. The zero-order chi connectivity index (χ0) is 14.8. The summed E-state index contributed by atoms with van der Waals surface area (Å²) in [5, 5.41) is 0. The van der Waals surface area contributed by atoms with Crippen molar-refractivity contribution >= 4 is 27.7 Å². The van der Waals surface area contributed by atoms with Gasteiger partial charge in [0.2, 0.25) is 11.8 Å². The Kier molecular flexibility index (Phi) is 4.48. The van der Waals surface area contributed by atoms with E-state index in [1.54, 1.807) is 0 Å². The average Bonchev–Trinajstić information content (AvgIpc) is 2.31. The van der Waals surface area contributed by atoms with Crippen molar-refractivity contribution in [3.8, 4) is 5.75 Å². The summed E-state index contributed by atoms with van der Waals surface area (Å²) in [5.41, 5.74) is -0.226. The largest absolute Gasteiger partial charge is 0.492 e. The van der Waals surface area contributed by atoms with Crippen molar-refractivity contribution in [3.63, 3.8) is 0 Å². The summed E-state index contributed by atoms with van der Waals surface area (Å²) >= 11 is 3.36. The Balaban J connectivity index is 1.88. The number of hydrogen-bond acceptors (Lipinski definition) is 3. The van der Waals surface area contributed by atoms with Crippen LogP contribution in [-0.4, -0.2) is 29.9 Å². The molecular formula is C15H18BrNO3. The van der Waals surface area contributed by atoms with Gasteiger partial charge in [-0.25, -0.2) is 0 Å². The molecule has 108 valence electrons. The summed E-state index contributed by atoms with van der Waals surface area (Å²) in [5.74, 6) is 0.504. The molecule has 1 aliphatic heterocycles. The molecule has 5 heteroatoms. The van der Waals surface area contributed by atoms with Crippen molar-refractivity contribution < 1.29 is 14.3 Å². The minimum Gasteiger partial charge on any atom is -0.492 e. The highest BCUT2D eigenvalue weighted by atomic mass is 79.9. The maximum absolute atomic E-state index is 12.0. The van der Waals surface area contributed by atoms with Gasteiger partial charge in [0.05, 0.1) is 6.54 Å². The van der Waals surface area contributed by atoms with Crippen molar-refractivity contribution in [2.45, 2.75) is 26.7 Å². The third-order valence-electron chi connectivity index (χ3n) is 3.24. The lowest BCUT2D eigenvalue weighted by molar-refractivity contribution is -0.152. The molecule has 0 aliphatic carbocycles. The molecule has 1 aliphatic rings. The zero-order valence-corrected chi connectivity index (χ0v) is 13.3. The SMILES string of the molecule is CC1(C)CC(=O)N(CCOc2cccc(Br)c2)C(=O)C1. The van der Waals surface area contributed by atoms with Gasteiger partial charge >= 0.3 is 0 Å².